The van der Waals surface area contributed by atoms with E-state index >= 15 is 0 Å². The zero-order valence-electron chi connectivity index (χ0n) is 11.9. The van der Waals surface area contributed by atoms with Crippen LogP contribution in [0.2, 0.25) is 0 Å². The lowest BCUT2D eigenvalue weighted by Gasteiger charge is -2.31. The van der Waals surface area contributed by atoms with Crippen LogP contribution in [0.25, 0.3) is 0 Å². The van der Waals surface area contributed by atoms with Crippen LogP contribution in [0.4, 0.5) is 10.1 Å². The minimum atomic E-state index is -0.265. The molecule has 0 atom stereocenters. The third-order valence-electron chi connectivity index (χ3n) is 3.96. The number of rotatable bonds is 4. The molecule has 0 unspecified atom stereocenters. The standard InChI is InChI=1S/C15H24FN3/c1-18-7-5-12(6-8-18)10-19(2)11-13-3-4-14(16)9-15(13)17/h3-4,9,12H,5-8,10-11,17H2,1-2H3. The number of likely N-dealkylation sites (tertiary alicyclic amines) is 1. The summed E-state index contributed by atoms with van der Waals surface area (Å²) in [5.41, 5.74) is 7.41. The SMILES string of the molecule is CN1CCC(CN(C)Cc2ccc(F)cc2N)CC1. The first-order valence-corrected chi connectivity index (χ1v) is 6.95. The van der Waals surface area contributed by atoms with Gasteiger partial charge in [-0.25, -0.2) is 4.39 Å². The van der Waals surface area contributed by atoms with Gasteiger partial charge in [-0.2, -0.15) is 0 Å². The third-order valence-corrected chi connectivity index (χ3v) is 3.96. The second-order valence-corrected chi connectivity index (χ2v) is 5.79. The second kappa shape index (κ2) is 6.35. The van der Waals surface area contributed by atoms with E-state index in [1.165, 1.54) is 38.1 Å². The molecular formula is C15H24FN3. The molecule has 1 fully saturated rings. The van der Waals surface area contributed by atoms with Gasteiger partial charge in [0.15, 0.2) is 0 Å². The predicted molar refractivity (Wildman–Crippen MR) is 77.4 cm³/mol. The van der Waals surface area contributed by atoms with Crippen LogP contribution in [0.1, 0.15) is 18.4 Å². The van der Waals surface area contributed by atoms with Gasteiger partial charge in [-0.15, -0.1) is 0 Å². The lowest BCUT2D eigenvalue weighted by Crippen LogP contribution is -2.35. The van der Waals surface area contributed by atoms with Crippen molar-refractivity contribution < 1.29 is 4.39 Å². The number of hydrogen-bond donors (Lipinski definition) is 1. The van der Waals surface area contributed by atoms with Crippen molar-refractivity contribution in [3.05, 3.63) is 29.6 Å². The maximum absolute atomic E-state index is 13.0. The van der Waals surface area contributed by atoms with Crippen molar-refractivity contribution in [3.8, 4) is 0 Å². The fourth-order valence-corrected chi connectivity index (χ4v) is 2.75. The van der Waals surface area contributed by atoms with Crippen LogP contribution in [0.15, 0.2) is 18.2 Å². The van der Waals surface area contributed by atoms with Crippen molar-refractivity contribution in [1.82, 2.24) is 9.80 Å². The van der Waals surface area contributed by atoms with Crippen molar-refractivity contribution >= 4 is 5.69 Å². The van der Waals surface area contributed by atoms with E-state index in [1.54, 1.807) is 6.07 Å². The van der Waals surface area contributed by atoms with Crippen molar-refractivity contribution in [2.75, 3.05) is 39.5 Å². The predicted octanol–water partition coefficient (Wildman–Crippen LogP) is 2.18. The number of piperidine rings is 1. The van der Waals surface area contributed by atoms with Crippen LogP contribution in [0.3, 0.4) is 0 Å². The van der Waals surface area contributed by atoms with Crippen LogP contribution >= 0.6 is 0 Å². The molecular weight excluding hydrogens is 241 g/mol. The summed E-state index contributed by atoms with van der Waals surface area (Å²) in [7, 11) is 4.29. The van der Waals surface area contributed by atoms with E-state index in [1.807, 2.05) is 0 Å². The van der Waals surface area contributed by atoms with Gasteiger partial charge in [-0.05, 0) is 63.6 Å². The number of nitrogens with two attached hydrogens (primary N) is 1. The summed E-state index contributed by atoms with van der Waals surface area (Å²) in [6, 6.07) is 4.67. The highest BCUT2D eigenvalue weighted by atomic mass is 19.1. The molecule has 0 saturated carbocycles. The summed E-state index contributed by atoms with van der Waals surface area (Å²) in [5.74, 6) is 0.502. The number of nitrogens with zero attached hydrogens (tertiary/aromatic N) is 2. The van der Waals surface area contributed by atoms with Crippen LogP contribution in [-0.2, 0) is 6.54 Å². The molecule has 2 N–H and O–H groups in total. The van der Waals surface area contributed by atoms with Gasteiger partial charge in [0.05, 0.1) is 0 Å². The summed E-state index contributed by atoms with van der Waals surface area (Å²) in [6.45, 7) is 4.26. The zero-order chi connectivity index (χ0) is 13.8. The Hall–Kier alpha value is -1.13. The number of benzene rings is 1. The van der Waals surface area contributed by atoms with Gasteiger partial charge in [0.2, 0.25) is 0 Å². The van der Waals surface area contributed by atoms with Crippen molar-refractivity contribution in [1.29, 1.82) is 0 Å². The Morgan fingerprint density at radius 3 is 2.68 bits per heavy atom. The first kappa shape index (κ1) is 14.3. The van der Waals surface area contributed by atoms with Gasteiger partial charge in [0.1, 0.15) is 5.82 Å². The molecule has 1 aliphatic heterocycles. The minimum Gasteiger partial charge on any atom is -0.398 e. The Bertz CT molecular complexity index is 414. The summed E-state index contributed by atoms with van der Waals surface area (Å²) in [6.07, 6.45) is 2.53. The summed E-state index contributed by atoms with van der Waals surface area (Å²) in [4.78, 5) is 4.67. The molecule has 1 saturated heterocycles. The average Bonchev–Trinajstić information content (AvgIpc) is 2.36. The first-order valence-electron chi connectivity index (χ1n) is 6.95. The van der Waals surface area contributed by atoms with E-state index in [0.717, 1.165) is 24.6 Å². The van der Waals surface area contributed by atoms with Gasteiger partial charge in [-0.1, -0.05) is 6.07 Å². The minimum absolute atomic E-state index is 0.265. The molecule has 0 radical (unpaired) electrons. The number of anilines is 1. The Balaban J connectivity index is 1.85. The van der Waals surface area contributed by atoms with E-state index < -0.39 is 0 Å². The maximum Gasteiger partial charge on any atom is 0.125 e. The number of hydrogen-bond acceptors (Lipinski definition) is 3. The summed E-state index contributed by atoms with van der Waals surface area (Å²) in [5, 5.41) is 0. The Morgan fingerprint density at radius 2 is 2.05 bits per heavy atom. The quantitative estimate of drug-likeness (QED) is 0.847. The Kier molecular flexibility index (Phi) is 4.77. The lowest BCUT2D eigenvalue weighted by atomic mass is 9.96. The number of nitrogen functional groups attached to an aromatic ring is 1. The van der Waals surface area contributed by atoms with Gasteiger partial charge < -0.3 is 15.5 Å². The topological polar surface area (TPSA) is 32.5 Å². The highest BCUT2D eigenvalue weighted by molar-refractivity contribution is 5.46. The van der Waals surface area contributed by atoms with Crippen molar-refractivity contribution in [2.45, 2.75) is 19.4 Å². The molecule has 3 nitrogen and oxygen atoms in total. The van der Waals surface area contributed by atoms with Crippen LogP contribution in [-0.4, -0.2) is 43.5 Å². The monoisotopic (exact) mass is 265 g/mol. The van der Waals surface area contributed by atoms with Crippen LogP contribution < -0.4 is 5.73 Å². The van der Waals surface area contributed by atoms with E-state index in [0.29, 0.717) is 5.69 Å². The normalized spacial score (nSPS) is 18.1. The molecule has 0 bridgehead atoms. The maximum atomic E-state index is 13.0. The second-order valence-electron chi connectivity index (χ2n) is 5.79. The third kappa shape index (κ3) is 4.18. The summed E-state index contributed by atoms with van der Waals surface area (Å²) < 4.78 is 13.0. The van der Waals surface area contributed by atoms with E-state index in [4.69, 9.17) is 5.73 Å². The molecule has 19 heavy (non-hydrogen) atoms. The van der Waals surface area contributed by atoms with Gasteiger partial charge in [-0.3, -0.25) is 0 Å². The molecule has 0 amide bonds. The smallest absolute Gasteiger partial charge is 0.125 e. The molecule has 4 heteroatoms. The fourth-order valence-electron chi connectivity index (χ4n) is 2.75. The van der Waals surface area contributed by atoms with E-state index in [9.17, 15) is 4.39 Å². The van der Waals surface area contributed by atoms with E-state index in [-0.39, 0.29) is 5.82 Å². The van der Waals surface area contributed by atoms with Gasteiger partial charge >= 0.3 is 0 Å². The molecule has 1 aromatic carbocycles. The van der Waals surface area contributed by atoms with Crippen LogP contribution in [0, 0.1) is 11.7 Å². The molecule has 1 aliphatic rings. The lowest BCUT2D eigenvalue weighted by molar-refractivity contribution is 0.173. The summed E-state index contributed by atoms with van der Waals surface area (Å²) >= 11 is 0. The van der Waals surface area contributed by atoms with Crippen LogP contribution in [0.5, 0.6) is 0 Å². The molecule has 1 heterocycles. The molecule has 0 aromatic heterocycles. The van der Waals surface area contributed by atoms with E-state index in [2.05, 4.69) is 23.9 Å². The Morgan fingerprint density at radius 1 is 1.37 bits per heavy atom. The highest BCUT2D eigenvalue weighted by Gasteiger charge is 2.18. The molecule has 106 valence electrons. The fraction of sp³-hybridized carbons (Fsp3) is 0.600. The van der Waals surface area contributed by atoms with Gasteiger partial charge in [0.25, 0.3) is 0 Å². The zero-order valence-corrected chi connectivity index (χ0v) is 11.9. The highest BCUT2D eigenvalue weighted by Crippen LogP contribution is 2.19. The molecule has 0 aliphatic carbocycles. The molecule has 1 aromatic rings. The molecule has 2 rings (SSSR count). The first-order chi connectivity index (χ1) is 9.04. The Labute approximate surface area is 115 Å². The van der Waals surface area contributed by atoms with Crippen molar-refractivity contribution in [2.24, 2.45) is 5.92 Å². The van der Waals surface area contributed by atoms with Crippen molar-refractivity contribution in [3.63, 3.8) is 0 Å². The molecule has 0 spiro atoms. The average molecular weight is 265 g/mol. The van der Waals surface area contributed by atoms with Gasteiger partial charge in [0, 0.05) is 18.8 Å². The number of halogens is 1. The largest absolute Gasteiger partial charge is 0.398 e.